The molecule has 0 amide bonds. The Kier molecular flexibility index (Phi) is 4.23. The van der Waals surface area contributed by atoms with Crippen molar-refractivity contribution in [2.75, 3.05) is 0 Å². The molecule has 0 saturated carbocycles. The molecule has 2 rings (SSSR count). The average Bonchev–Trinajstić information content (AvgIpc) is 2.37. The highest BCUT2D eigenvalue weighted by atomic mass is 35.5. The van der Waals surface area contributed by atoms with Gasteiger partial charge in [0, 0.05) is 0 Å². The number of ether oxygens (including phenoxy) is 1. The number of rotatable bonds is 3. The van der Waals surface area contributed by atoms with Crippen LogP contribution in [0.25, 0.3) is 0 Å². The fourth-order valence-electron chi connectivity index (χ4n) is 1.92. The van der Waals surface area contributed by atoms with Crippen LogP contribution in [0.1, 0.15) is 22.1 Å². The van der Waals surface area contributed by atoms with Crippen molar-refractivity contribution in [2.24, 2.45) is 0 Å². The maximum atomic E-state index is 12.0. The molecule has 19 heavy (non-hydrogen) atoms. The summed E-state index contributed by atoms with van der Waals surface area (Å²) in [5.74, 6) is 0.0712. The molecular formula is C16H15ClO2. The zero-order valence-corrected chi connectivity index (χ0v) is 11.6. The van der Waals surface area contributed by atoms with Gasteiger partial charge in [0.1, 0.15) is 5.75 Å². The highest BCUT2D eigenvalue weighted by molar-refractivity contribution is 6.30. The Morgan fingerprint density at radius 1 is 1.05 bits per heavy atom. The lowest BCUT2D eigenvalue weighted by Crippen LogP contribution is -2.14. The summed E-state index contributed by atoms with van der Waals surface area (Å²) < 4.78 is 5.32. The Labute approximate surface area is 118 Å². The third-order valence-corrected chi connectivity index (χ3v) is 3.14. The summed E-state index contributed by atoms with van der Waals surface area (Å²) in [6.45, 7) is 3.92. The number of hydrogen-bond donors (Lipinski definition) is 0. The standard InChI is InChI=1S/C16H15ClO2/c1-11-8-12(2)10-14(9-11)19-16(18)15(17)13-6-4-3-5-7-13/h3-10,15H,1-2H3. The Hall–Kier alpha value is -1.80. The molecule has 1 unspecified atom stereocenters. The molecule has 2 aromatic carbocycles. The molecule has 0 aliphatic heterocycles. The van der Waals surface area contributed by atoms with Crippen LogP contribution in [-0.2, 0) is 4.79 Å². The van der Waals surface area contributed by atoms with E-state index in [9.17, 15) is 4.79 Å². The van der Waals surface area contributed by atoms with Crippen LogP contribution in [0.15, 0.2) is 48.5 Å². The number of halogens is 1. The zero-order chi connectivity index (χ0) is 13.8. The van der Waals surface area contributed by atoms with Crippen molar-refractivity contribution in [2.45, 2.75) is 19.2 Å². The van der Waals surface area contributed by atoms with Gasteiger partial charge < -0.3 is 4.74 Å². The molecule has 0 aliphatic rings. The summed E-state index contributed by atoms with van der Waals surface area (Å²) >= 11 is 6.11. The molecule has 0 aliphatic carbocycles. The first-order valence-electron chi connectivity index (χ1n) is 6.05. The Bertz CT molecular complexity index is 558. The summed E-state index contributed by atoms with van der Waals surface area (Å²) in [6, 6.07) is 14.8. The number of carbonyl (C=O) groups excluding carboxylic acids is 1. The molecule has 0 bridgehead atoms. The van der Waals surface area contributed by atoms with Gasteiger partial charge in [-0.25, -0.2) is 4.79 Å². The molecule has 0 spiro atoms. The molecule has 98 valence electrons. The average molecular weight is 275 g/mol. The largest absolute Gasteiger partial charge is 0.425 e. The Morgan fingerprint density at radius 3 is 2.21 bits per heavy atom. The van der Waals surface area contributed by atoms with Crippen molar-refractivity contribution in [3.8, 4) is 5.75 Å². The van der Waals surface area contributed by atoms with Crippen LogP contribution in [-0.4, -0.2) is 5.97 Å². The molecule has 0 radical (unpaired) electrons. The fourth-order valence-corrected chi connectivity index (χ4v) is 2.11. The van der Waals surface area contributed by atoms with E-state index in [1.54, 1.807) is 12.1 Å². The van der Waals surface area contributed by atoms with E-state index in [1.165, 1.54) is 0 Å². The van der Waals surface area contributed by atoms with Crippen LogP contribution >= 0.6 is 11.6 Å². The van der Waals surface area contributed by atoms with Gasteiger partial charge in [0.2, 0.25) is 0 Å². The van der Waals surface area contributed by atoms with Crippen LogP contribution in [0.4, 0.5) is 0 Å². The number of carbonyl (C=O) groups is 1. The van der Waals surface area contributed by atoms with Crippen molar-refractivity contribution in [1.29, 1.82) is 0 Å². The lowest BCUT2D eigenvalue weighted by atomic mass is 10.1. The minimum absolute atomic E-state index is 0.460. The van der Waals surface area contributed by atoms with Crippen LogP contribution in [0.2, 0.25) is 0 Å². The number of hydrogen-bond acceptors (Lipinski definition) is 2. The van der Waals surface area contributed by atoms with Gasteiger partial charge in [0.25, 0.3) is 0 Å². The summed E-state index contributed by atoms with van der Waals surface area (Å²) in [6.07, 6.45) is 0. The predicted octanol–water partition coefficient (Wildman–Crippen LogP) is 4.19. The maximum Gasteiger partial charge on any atom is 0.334 e. The number of benzene rings is 2. The summed E-state index contributed by atoms with van der Waals surface area (Å²) in [4.78, 5) is 12.0. The van der Waals surface area contributed by atoms with Gasteiger partial charge in [-0.05, 0) is 42.7 Å². The van der Waals surface area contributed by atoms with E-state index in [0.717, 1.165) is 16.7 Å². The summed E-state index contributed by atoms with van der Waals surface area (Å²) in [7, 11) is 0. The van der Waals surface area contributed by atoms with Gasteiger partial charge in [-0.1, -0.05) is 36.4 Å². The van der Waals surface area contributed by atoms with Gasteiger partial charge in [-0.15, -0.1) is 11.6 Å². The minimum atomic E-state index is -0.790. The van der Waals surface area contributed by atoms with E-state index in [0.29, 0.717) is 5.75 Å². The first-order chi connectivity index (χ1) is 9.06. The van der Waals surface area contributed by atoms with Gasteiger partial charge in [-0.2, -0.15) is 0 Å². The molecule has 0 N–H and O–H groups in total. The molecule has 1 atom stereocenters. The zero-order valence-electron chi connectivity index (χ0n) is 10.9. The lowest BCUT2D eigenvalue weighted by Gasteiger charge is -2.10. The van der Waals surface area contributed by atoms with E-state index < -0.39 is 11.3 Å². The SMILES string of the molecule is Cc1cc(C)cc(OC(=O)C(Cl)c2ccccc2)c1. The third kappa shape index (κ3) is 3.58. The first kappa shape index (κ1) is 13.6. The number of alkyl halides is 1. The van der Waals surface area contributed by atoms with Crippen molar-refractivity contribution >= 4 is 17.6 Å². The highest BCUT2D eigenvalue weighted by Crippen LogP contribution is 2.24. The van der Waals surface area contributed by atoms with Crippen molar-refractivity contribution in [3.63, 3.8) is 0 Å². The molecule has 0 saturated heterocycles. The normalized spacial score (nSPS) is 11.9. The molecule has 0 aromatic heterocycles. The van der Waals surface area contributed by atoms with Crippen molar-refractivity contribution < 1.29 is 9.53 Å². The van der Waals surface area contributed by atoms with E-state index in [1.807, 2.05) is 50.2 Å². The summed E-state index contributed by atoms with van der Waals surface area (Å²) in [5.41, 5.74) is 2.83. The second-order valence-electron chi connectivity index (χ2n) is 4.52. The minimum Gasteiger partial charge on any atom is -0.425 e. The Balaban J connectivity index is 2.13. The van der Waals surface area contributed by atoms with Crippen LogP contribution < -0.4 is 4.74 Å². The number of esters is 1. The van der Waals surface area contributed by atoms with E-state index in [-0.39, 0.29) is 0 Å². The quantitative estimate of drug-likeness (QED) is 0.477. The monoisotopic (exact) mass is 274 g/mol. The van der Waals surface area contributed by atoms with Crippen molar-refractivity contribution in [3.05, 3.63) is 65.2 Å². The highest BCUT2D eigenvalue weighted by Gasteiger charge is 2.19. The third-order valence-electron chi connectivity index (χ3n) is 2.71. The molecule has 0 fully saturated rings. The predicted molar refractivity (Wildman–Crippen MR) is 76.6 cm³/mol. The smallest absolute Gasteiger partial charge is 0.334 e. The molecule has 3 heteroatoms. The topological polar surface area (TPSA) is 26.3 Å². The first-order valence-corrected chi connectivity index (χ1v) is 6.49. The summed E-state index contributed by atoms with van der Waals surface area (Å²) in [5, 5.41) is -0.790. The second kappa shape index (κ2) is 5.89. The van der Waals surface area contributed by atoms with Crippen molar-refractivity contribution in [1.82, 2.24) is 0 Å². The van der Waals surface area contributed by atoms with Gasteiger partial charge in [0.05, 0.1) is 0 Å². The van der Waals surface area contributed by atoms with Gasteiger partial charge >= 0.3 is 5.97 Å². The van der Waals surface area contributed by atoms with Crippen LogP contribution in [0.3, 0.4) is 0 Å². The van der Waals surface area contributed by atoms with Crippen LogP contribution in [0.5, 0.6) is 5.75 Å². The molecule has 0 heterocycles. The molecular weight excluding hydrogens is 260 g/mol. The second-order valence-corrected chi connectivity index (χ2v) is 4.95. The lowest BCUT2D eigenvalue weighted by molar-refractivity contribution is -0.134. The van der Waals surface area contributed by atoms with E-state index in [2.05, 4.69) is 0 Å². The van der Waals surface area contributed by atoms with Gasteiger partial charge in [0.15, 0.2) is 5.38 Å². The fraction of sp³-hybridized carbons (Fsp3) is 0.188. The molecule has 2 aromatic rings. The van der Waals surface area contributed by atoms with Crippen LogP contribution in [0, 0.1) is 13.8 Å². The molecule has 2 nitrogen and oxygen atoms in total. The van der Waals surface area contributed by atoms with Gasteiger partial charge in [-0.3, -0.25) is 0 Å². The van der Waals surface area contributed by atoms with E-state index >= 15 is 0 Å². The number of aryl methyl sites for hydroxylation is 2. The maximum absolute atomic E-state index is 12.0. The Morgan fingerprint density at radius 2 is 1.63 bits per heavy atom. The van der Waals surface area contributed by atoms with E-state index in [4.69, 9.17) is 16.3 Å².